The van der Waals surface area contributed by atoms with E-state index in [1.807, 2.05) is 95.7 Å². The molecule has 2 amide bonds. The number of fused-ring (bicyclic) bond motifs is 1. The molecule has 1 aliphatic rings. The van der Waals surface area contributed by atoms with E-state index in [1.165, 1.54) is 11.8 Å². The van der Waals surface area contributed by atoms with E-state index >= 15 is 0 Å². The lowest BCUT2D eigenvalue weighted by Gasteiger charge is -2.15. The third kappa shape index (κ3) is 5.29. The van der Waals surface area contributed by atoms with Crippen molar-refractivity contribution in [1.82, 2.24) is 9.47 Å². The fourth-order valence-corrected chi connectivity index (χ4v) is 5.45. The van der Waals surface area contributed by atoms with E-state index in [1.54, 1.807) is 4.90 Å². The summed E-state index contributed by atoms with van der Waals surface area (Å²) in [6.45, 7) is 0.985. The number of primary amides is 1. The van der Waals surface area contributed by atoms with Crippen molar-refractivity contribution in [1.29, 1.82) is 0 Å². The number of nitrogens with two attached hydrogens (primary N) is 1. The van der Waals surface area contributed by atoms with Crippen LogP contribution in [0.5, 0.6) is 0 Å². The van der Waals surface area contributed by atoms with Gasteiger partial charge in [-0.05, 0) is 47.2 Å². The van der Waals surface area contributed by atoms with Gasteiger partial charge < -0.3 is 10.3 Å². The van der Waals surface area contributed by atoms with Crippen LogP contribution in [0.1, 0.15) is 16.7 Å². The largest absolute Gasteiger partial charge is 0.368 e. The standard InChI is InChI=1S/C28H23BrN4O2S/c29-22-11-12-24-23(14-22)21(17-32(24)18-26(30)34)13-25-27(35)33(16-20-9-5-2-6-10-20)28(36-25)31-15-19-7-3-1-4-8-19/h1-14,17H,15-16,18H2,(H2,30,34)/b25-13-,31-28?. The van der Waals surface area contributed by atoms with Gasteiger partial charge in [0.15, 0.2) is 5.17 Å². The van der Waals surface area contributed by atoms with Crippen molar-refractivity contribution in [3.8, 4) is 0 Å². The molecule has 0 radical (unpaired) electrons. The summed E-state index contributed by atoms with van der Waals surface area (Å²) < 4.78 is 2.72. The van der Waals surface area contributed by atoms with Crippen molar-refractivity contribution in [2.45, 2.75) is 19.6 Å². The summed E-state index contributed by atoms with van der Waals surface area (Å²) in [4.78, 5) is 32.3. The molecule has 36 heavy (non-hydrogen) atoms. The van der Waals surface area contributed by atoms with Crippen LogP contribution in [0.2, 0.25) is 0 Å². The second-order valence-electron chi connectivity index (χ2n) is 8.41. The second-order valence-corrected chi connectivity index (χ2v) is 10.3. The molecule has 6 nitrogen and oxygen atoms in total. The Hall–Kier alpha value is -3.62. The average molecular weight is 559 g/mol. The minimum Gasteiger partial charge on any atom is -0.368 e. The number of halogens is 1. The Balaban J connectivity index is 1.53. The molecule has 180 valence electrons. The van der Waals surface area contributed by atoms with Crippen LogP contribution in [0.4, 0.5) is 0 Å². The number of hydrogen-bond donors (Lipinski definition) is 1. The number of aromatic nitrogens is 1. The summed E-state index contributed by atoms with van der Waals surface area (Å²) in [5, 5.41) is 1.59. The minimum absolute atomic E-state index is 0.0618. The van der Waals surface area contributed by atoms with Gasteiger partial charge in [-0.2, -0.15) is 0 Å². The van der Waals surface area contributed by atoms with Gasteiger partial charge in [0.25, 0.3) is 5.91 Å². The van der Waals surface area contributed by atoms with Crippen LogP contribution in [-0.2, 0) is 29.2 Å². The molecule has 1 aliphatic heterocycles. The predicted octanol–water partition coefficient (Wildman–Crippen LogP) is 5.56. The molecule has 8 heteroatoms. The molecule has 0 aliphatic carbocycles. The Kier molecular flexibility index (Phi) is 7.06. The number of amides is 2. The fourth-order valence-electron chi connectivity index (χ4n) is 4.13. The molecule has 1 saturated heterocycles. The number of amidine groups is 1. The van der Waals surface area contributed by atoms with Gasteiger partial charge in [0.2, 0.25) is 5.91 Å². The number of thioether (sulfide) groups is 1. The van der Waals surface area contributed by atoms with Gasteiger partial charge in [-0.15, -0.1) is 0 Å². The van der Waals surface area contributed by atoms with Crippen LogP contribution in [0.3, 0.4) is 0 Å². The first-order chi connectivity index (χ1) is 17.5. The lowest BCUT2D eigenvalue weighted by Crippen LogP contribution is -2.28. The first kappa shape index (κ1) is 24.1. The van der Waals surface area contributed by atoms with E-state index < -0.39 is 5.91 Å². The number of hydrogen-bond acceptors (Lipinski definition) is 4. The molecule has 0 spiro atoms. The Labute approximate surface area is 221 Å². The van der Waals surface area contributed by atoms with E-state index in [-0.39, 0.29) is 12.5 Å². The number of carbonyl (C=O) groups is 2. The summed E-state index contributed by atoms with van der Waals surface area (Å²) in [7, 11) is 0. The van der Waals surface area contributed by atoms with Crippen LogP contribution in [0.15, 0.2) is 99.4 Å². The van der Waals surface area contributed by atoms with Crippen LogP contribution >= 0.6 is 27.7 Å². The monoisotopic (exact) mass is 558 g/mol. The van der Waals surface area contributed by atoms with Gasteiger partial charge in [0.1, 0.15) is 6.54 Å². The van der Waals surface area contributed by atoms with E-state index in [0.29, 0.717) is 23.2 Å². The molecule has 2 N–H and O–H groups in total. The molecule has 3 aromatic carbocycles. The summed E-state index contributed by atoms with van der Waals surface area (Å²) in [6.07, 6.45) is 3.74. The van der Waals surface area contributed by atoms with Gasteiger partial charge in [-0.1, -0.05) is 76.6 Å². The third-order valence-corrected chi connectivity index (χ3v) is 7.34. The zero-order chi connectivity index (χ0) is 25.1. The SMILES string of the molecule is NC(=O)Cn1cc(/C=C2\SC(=NCc3ccccc3)N(Cc3ccccc3)C2=O)c2cc(Br)ccc21. The topological polar surface area (TPSA) is 80.7 Å². The number of carbonyl (C=O) groups excluding carboxylic acids is 2. The first-order valence-corrected chi connectivity index (χ1v) is 13.0. The highest BCUT2D eigenvalue weighted by molar-refractivity contribution is 9.10. The van der Waals surface area contributed by atoms with Crippen molar-refractivity contribution in [3.63, 3.8) is 0 Å². The van der Waals surface area contributed by atoms with Crippen LogP contribution in [0, 0.1) is 0 Å². The minimum atomic E-state index is -0.426. The van der Waals surface area contributed by atoms with Crippen LogP contribution in [0.25, 0.3) is 17.0 Å². The summed E-state index contributed by atoms with van der Waals surface area (Å²) in [5.41, 5.74) is 9.29. The number of aliphatic imine (C=N–C) groups is 1. The molecule has 1 fully saturated rings. The zero-order valence-corrected chi connectivity index (χ0v) is 21.7. The zero-order valence-electron chi connectivity index (χ0n) is 19.3. The summed E-state index contributed by atoms with van der Waals surface area (Å²) >= 11 is 4.90. The Morgan fingerprint density at radius 3 is 2.39 bits per heavy atom. The highest BCUT2D eigenvalue weighted by atomic mass is 79.9. The third-order valence-electron chi connectivity index (χ3n) is 5.80. The summed E-state index contributed by atoms with van der Waals surface area (Å²) in [5.74, 6) is -0.522. The normalized spacial score (nSPS) is 15.9. The number of rotatable bonds is 7. The molecule has 5 rings (SSSR count). The van der Waals surface area contributed by atoms with Crippen LogP contribution in [-0.4, -0.2) is 26.4 Å². The predicted molar refractivity (Wildman–Crippen MR) is 149 cm³/mol. The van der Waals surface area contributed by atoms with Crippen LogP contribution < -0.4 is 5.73 Å². The molecule has 4 aromatic rings. The number of benzene rings is 3. The van der Waals surface area contributed by atoms with E-state index in [9.17, 15) is 9.59 Å². The van der Waals surface area contributed by atoms with Crippen molar-refractivity contribution < 1.29 is 9.59 Å². The van der Waals surface area contributed by atoms with Gasteiger partial charge in [0, 0.05) is 27.1 Å². The van der Waals surface area contributed by atoms with E-state index in [0.717, 1.165) is 32.1 Å². The molecule has 1 aromatic heterocycles. The van der Waals surface area contributed by atoms with Crippen molar-refractivity contribution >= 4 is 61.7 Å². The Morgan fingerprint density at radius 1 is 1.00 bits per heavy atom. The molecule has 0 unspecified atom stereocenters. The molecular weight excluding hydrogens is 536 g/mol. The fraction of sp³-hybridized carbons (Fsp3) is 0.107. The quantitative estimate of drug-likeness (QED) is 0.301. The summed E-state index contributed by atoms with van der Waals surface area (Å²) in [6, 6.07) is 25.7. The van der Waals surface area contributed by atoms with Crippen molar-refractivity contribution in [2.75, 3.05) is 0 Å². The Morgan fingerprint density at radius 2 is 1.69 bits per heavy atom. The highest BCUT2D eigenvalue weighted by Crippen LogP contribution is 2.36. The maximum atomic E-state index is 13.6. The first-order valence-electron chi connectivity index (χ1n) is 11.4. The van der Waals surface area contributed by atoms with Gasteiger partial charge in [-0.3, -0.25) is 19.5 Å². The van der Waals surface area contributed by atoms with E-state index in [2.05, 4.69) is 15.9 Å². The molecule has 2 heterocycles. The Bertz CT molecular complexity index is 1500. The molecule has 0 atom stereocenters. The molecule has 0 saturated carbocycles. The van der Waals surface area contributed by atoms with Crippen molar-refractivity contribution in [2.24, 2.45) is 10.7 Å². The lowest BCUT2D eigenvalue weighted by molar-refractivity contribution is -0.122. The van der Waals surface area contributed by atoms with Crippen molar-refractivity contribution in [3.05, 3.63) is 111 Å². The van der Waals surface area contributed by atoms with Gasteiger partial charge >= 0.3 is 0 Å². The van der Waals surface area contributed by atoms with E-state index in [4.69, 9.17) is 10.7 Å². The number of nitrogens with zero attached hydrogens (tertiary/aromatic N) is 3. The molecule has 0 bridgehead atoms. The molecular formula is C28H23BrN4O2S. The second kappa shape index (κ2) is 10.6. The maximum Gasteiger partial charge on any atom is 0.267 e. The van der Waals surface area contributed by atoms with Gasteiger partial charge in [0.05, 0.1) is 18.0 Å². The average Bonchev–Trinajstić information content (AvgIpc) is 3.35. The smallest absolute Gasteiger partial charge is 0.267 e. The lowest BCUT2D eigenvalue weighted by atomic mass is 10.1. The highest BCUT2D eigenvalue weighted by Gasteiger charge is 2.33. The maximum absolute atomic E-state index is 13.6. The van der Waals surface area contributed by atoms with Gasteiger partial charge in [-0.25, -0.2) is 0 Å².